The van der Waals surface area contributed by atoms with Gasteiger partial charge in [-0.05, 0) is 75.3 Å². The smallest absolute Gasteiger partial charge is 0.340 e. The zero-order chi connectivity index (χ0) is 28.7. The Morgan fingerprint density at radius 1 is 0.927 bits per heavy atom. The zero-order valence-corrected chi connectivity index (χ0v) is 24.8. The van der Waals surface area contributed by atoms with Gasteiger partial charge in [-0.3, -0.25) is 9.59 Å². The molecule has 3 aromatic rings. The Morgan fingerprint density at radius 3 is 2.32 bits per heavy atom. The van der Waals surface area contributed by atoms with Gasteiger partial charge < -0.3 is 15.8 Å². The van der Waals surface area contributed by atoms with E-state index in [0.29, 0.717) is 46.4 Å². The minimum atomic E-state index is -0.538. The second kappa shape index (κ2) is 11.4. The standard InChI is InChI=1S/C34H35BrN2O4/c1-19-6-8-20(9-7-19)14-15-37-28-18-27(34(40)41-24-13-11-21-16-23(35)12-10-22(21)17-24)31(36)30-29(28)32(38)25-4-2-3-5-26(25)33(30)39/h2-9,18,21-24,37H,10-17,36H2,1H3. The summed E-state index contributed by atoms with van der Waals surface area (Å²) in [5, 5.41) is 3.34. The third-order valence-corrected chi connectivity index (χ3v) is 9.91. The number of nitrogens with two attached hydrogens (primary N) is 1. The van der Waals surface area contributed by atoms with Crippen LogP contribution in [0.4, 0.5) is 11.4 Å². The van der Waals surface area contributed by atoms with Crippen LogP contribution in [0, 0.1) is 18.8 Å². The van der Waals surface area contributed by atoms with Crippen LogP contribution < -0.4 is 11.1 Å². The van der Waals surface area contributed by atoms with Crippen molar-refractivity contribution in [1.82, 2.24) is 0 Å². The number of benzene rings is 3. The van der Waals surface area contributed by atoms with E-state index in [1.54, 1.807) is 30.3 Å². The van der Waals surface area contributed by atoms with Crippen LogP contribution in [0.1, 0.15) is 91.9 Å². The molecule has 0 radical (unpaired) electrons. The van der Waals surface area contributed by atoms with Gasteiger partial charge in [-0.15, -0.1) is 0 Å². The number of ether oxygens (including phenoxy) is 1. The number of halogens is 1. The Balaban J connectivity index is 1.30. The zero-order valence-electron chi connectivity index (χ0n) is 23.3. The van der Waals surface area contributed by atoms with Gasteiger partial charge in [0.25, 0.3) is 0 Å². The van der Waals surface area contributed by atoms with E-state index in [4.69, 9.17) is 10.5 Å². The van der Waals surface area contributed by atoms with Crippen LogP contribution >= 0.6 is 15.9 Å². The van der Waals surface area contributed by atoms with Crippen LogP contribution in [-0.2, 0) is 11.2 Å². The van der Waals surface area contributed by atoms with Gasteiger partial charge in [0.15, 0.2) is 11.6 Å². The molecule has 4 atom stereocenters. The summed E-state index contributed by atoms with van der Waals surface area (Å²) in [4.78, 5) is 41.6. The monoisotopic (exact) mass is 614 g/mol. The molecule has 6 rings (SSSR count). The first-order valence-electron chi connectivity index (χ1n) is 14.6. The summed E-state index contributed by atoms with van der Waals surface area (Å²) in [5.41, 5.74) is 10.4. The van der Waals surface area contributed by atoms with Crippen LogP contribution in [-0.4, -0.2) is 35.0 Å². The third-order valence-electron chi connectivity index (χ3n) is 9.08. The highest BCUT2D eigenvalue weighted by Gasteiger charge is 2.38. The molecule has 4 unspecified atom stereocenters. The van der Waals surface area contributed by atoms with E-state index in [9.17, 15) is 14.4 Å². The minimum absolute atomic E-state index is 0.00965. The molecule has 0 bridgehead atoms. The number of nitrogen functional groups attached to an aromatic ring is 1. The predicted molar refractivity (Wildman–Crippen MR) is 164 cm³/mol. The number of anilines is 2. The maximum absolute atomic E-state index is 13.7. The van der Waals surface area contributed by atoms with Crippen molar-refractivity contribution in [3.63, 3.8) is 0 Å². The molecule has 0 heterocycles. The lowest BCUT2D eigenvalue weighted by atomic mass is 9.70. The number of hydrogen-bond donors (Lipinski definition) is 2. The Kier molecular flexibility index (Phi) is 7.73. The molecule has 0 aromatic heterocycles. The predicted octanol–water partition coefficient (Wildman–Crippen LogP) is 6.90. The molecule has 3 aliphatic rings. The number of aryl methyl sites for hydroxylation is 1. The largest absolute Gasteiger partial charge is 0.459 e. The quantitative estimate of drug-likeness (QED) is 0.139. The fourth-order valence-electron chi connectivity index (χ4n) is 6.83. The van der Waals surface area contributed by atoms with E-state index in [-0.39, 0.29) is 40.0 Å². The first kappa shape index (κ1) is 27.7. The van der Waals surface area contributed by atoms with E-state index in [0.717, 1.165) is 37.7 Å². The van der Waals surface area contributed by atoms with Crippen molar-refractivity contribution in [3.05, 3.63) is 93.5 Å². The van der Waals surface area contributed by atoms with Crippen molar-refractivity contribution in [2.24, 2.45) is 11.8 Å². The van der Waals surface area contributed by atoms with E-state index in [2.05, 4.69) is 45.5 Å². The molecule has 2 saturated carbocycles. The van der Waals surface area contributed by atoms with Gasteiger partial charge >= 0.3 is 5.97 Å². The molecule has 6 nitrogen and oxygen atoms in total. The van der Waals surface area contributed by atoms with Gasteiger partial charge in [0.05, 0.1) is 22.4 Å². The van der Waals surface area contributed by atoms with Crippen LogP contribution in [0.2, 0.25) is 0 Å². The number of fused-ring (bicyclic) bond motifs is 3. The van der Waals surface area contributed by atoms with Crippen LogP contribution in [0.15, 0.2) is 54.6 Å². The molecule has 41 heavy (non-hydrogen) atoms. The highest BCUT2D eigenvalue weighted by Crippen LogP contribution is 2.44. The van der Waals surface area contributed by atoms with E-state index < -0.39 is 5.97 Å². The molecule has 3 aromatic carbocycles. The van der Waals surface area contributed by atoms with Gasteiger partial charge in [0.2, 0.25) is 0 Å². The first-order chi connectivity index (χ1) is 19.8. The highest BCUT2D eigenvalue weighted by atomic mass is 79.9. The lowest BCUT2D eigenvalue weighted by Crippen LogP contribution is -2.35. The Hall–Kier alpha value is -3.45. The lowest BCUT2D eigenvalue weighted by Gasteiger charge is -2.40. The molecule has 0 spiro atoms. The second-order valence-electron chi connectivity index (χ2n) is 11.8. The summed E-state index contributed by atoms with van der Waals surface area (Å²) in [6.07, 6.45) is 6.71. The molecular formula is C34H35BrN2O4. The number of carbonyl (C=O) groups is 3. The number of alkyl halides is 1. The normalized spacial score (nSPS) is 23.3. The molecule has 0 aliphatic heterocycles. The highest BCUT2D eigenvalue weighted by molar-refractivity contribution is 9.09. The summed E-state index contributed by atoms with van der Waals surface area (Å²) in [6.45, 7) is 2.56. The fraction of sp³-hybridized carbons (Fsp3) is 0.382. The summed E-state index contributed by atoms with van der Waals surface area (Å²) in [6, 6.07) is 16.6. The number of ketones is 2. The maximum Gasteiger partial charge on any atom is 0.340 e. The first-order valence-corrected chi connectivity index (χ1v) is 15.5. The van der Waals surface area contributed by atoms with Crippen LogP contribution in [0.25, 0.3) is 0 Å². The maximum atomic E-state index is 13.7. The van der Waals surface area contributed by atoms with Gasteiger partial charge in [-0.2, -0.15) is 0 Å². The van der Waals surface area contributed by atoms with E-state index in [1.807, 2.05) is 6.92 Å². The number of hydrogen-bond acceptors (Lipinski definition) is 6. The average Bonchev–Trinajstić information content (AvgIpc) is 2.97. The van der Waals surface area contributed by atoms with Crippen molar-refractivity contribution in [2.45, 2.75) is 62.8 Å². The van der Waals surface area contributed by atoms with Crippen LogP contribution in [0.3, 0.4) is 0 Å². The van der Waals surface area contributed by atoms with Gasteiger partial charge in [0, 0.05) is 28.2 Å². The molecule has 3 N–H and O–H groups in total. The molecular weight excluding hydrogens is 580 g/mol. The van der Waals surface area contributed by atoms with Crippen molar-refractivity contribution in [1.29, 1.82) is 0 Å². The molecule has 0 amide bonds. The van der Waals surface area contributed by atoms with Crippen molar-refractivity contribution < 1.29 is 19.1 Å². The minimum Gasteiger partial charge on any atom is -0.459 e. The van der Waals surface area contributed by atoms with E-state index >= 15 is 0 Å². The number of esters is 1. The van der Waals surface area contributed by atoms with Crippen molar-refractivity contribution in [2.75, 3.05) is 17.6 Å². The molecule has 3 aliphatic carbocycles. The van der Waals surface area contributed by atoms with E-state index in [1.165, 1.54) is 12.0 Å². The summed E-state index contributed by atoms with van der Waals surface area (Å²) in [5.74, 6) is 0.0656. The third kappa shape index (κ3) is 5.44. The summed E-state index contributed by atoms with van der Waals surface area (Å²) < 4.78 is 6.04. The van der Waals surface area contributed by atoms with Gasteiger partial charge in [-0.25, -0.2) is 4.79 Å². The summed E-state index contributed by atoms with van der Waals surface area (Å²) in [7, 11) is 0. The van der Waals surface area contributed by atoms with Gasteiger partial charge in [0.1, 0.15) is 6.10 Å². The SMILES string of the molecule is Cc1ccc(CCNc2cc(C(=O)OC3CCC4CC(Br)CCC4C3)c(N)c3c2C(=O)c2ccccc2C3=O)cc1. The van der Waals surface area contributed by atoms with Gasteiger partial charge in [-0.1, -0.05) is 70.0 Å². The Bertz CT molecular complexity index is 1520. The fourth-order valence-corrected chi connectivity index (χ4v) is 7.58. The number of nitrogens with one attached hydrogen (secondary N) is 1. The van der Waals surface area contributed by atoms with Crippen molar-refractivity contribution in [3.8, 4) is 0 Å². The Morgan fingerprint density at radius 2 is 1.59 bits per heavy atom. The number of rotatable bonds is 6. The summed E-state index contributed by atoms with van der Waals surface area (Å²) >= 11 is 3.78. The topological polar surface area (TPSA) is 98.5 Å². The van der Waals surface area contributed by atoms with Crippen LogP contribution in [0.5, 0.6) is 0 Å². The molecule has 212 valence electrons. The van der Waals surface area contributed by atoms with Crippen molar-refractivity contribution >= 4 is 44.8 Å². The second-order valence-corrected chi connectivity index (χ2v) is 13.1. The Labute approximate surface area is 249 Å². The molecule has 7 heteroatoms. The average molecular weight is 616 g/mol. The lowest BCUT2D eigenvalue weighted by molar-refractivity contribution is -0.000259. The molecule has 0 saturated heterocycles. The molecule has 2 fully saturated rings. The number of carbonyl (C=O) groups excluding carboxylic acids is 3.